The molecule has 0 aliphatic rings. The third-order valence-corrected chi connectivity index (χ3v) is 1.38. The largest absolute Gasteiger partial charge is 0.618 e. The van der Waals surface area contributed by atoms with Gasteiger partial charge in [-0.05, 0) is 0 Å². The highest BCUT2D eigenvalue weighted by molar-refractivity contribution is 4.93. The molecular formula is C7H10N2O3. The van der Waals surface area contributed by atoms with E-state index in [9.17, 15) is 5.21 Å². The van der Waals surface area contributed by atoms with Gasteiger partial charge in [-0.2, -0.15) is 4.73 Å². The summed E-state index contributed by atoms with van der Waals surface area (Å²) < 4.78 is 5.40. The van der Waals surface area contributed by atoms with Gasteiger partial charge in [0.05, 0.1) is 12.8 Å². The van der Waals surface area contributed by atoms with E-state index < -0.39 is 0 Å². The summed E-state index contributed by atoms with van der Waals surface area (Å²) in [7, 11) is 1.50. The predicted molar refractivity (Wildman–Crippen MR) is 39.8 cm³/mol. The summed E-state index contributed by atoms with van der Waals surface area (Å²) in [6, 6.07) is 0. The van der Waals surface area contributed by atoms with Crippen LogP contribution in [0.1, 0.15) is 11.4 Å². The van der Waals surface area contributed by atoms with Crippen LogP contribution >= 0.6 is 0 Å². The van der Waals surface area contributed by atoms with Gasteiger partial charge in [-0.25, -0.2) is 4.98 Å². The zero-order valence-corrected chi connectivity index (χ0v) is 6.73. The van der Waals surface area contributed by atoms with Gasteiger partial charge in [0.15, 0.2) is 0 Å². The van der Waals surface area contributed by atoms with Crippen LogP contribution < -0.4 is 4.73 Å². The lowest BCUT2D eigenvalue weighted by Crippen LogP contribution is -2.33. The molecule has 5 nitrogen and oxygen atoms in total. The van der Waals surface area contributed by atoms with Gasteiger partial charge in [0, 0.05) is 7.11 Å². The Morgan fingerprint density at radius 1 is 1.75 bits per heavy atom. The molecule has 0 saturated heterocycles. The molecule has 0 amide bonds. The Bertz CT molecular complexity index is 265. The van der Waals surface area contributed by atoms with E-state index in [4.69, 9.17) is 9.84 Å². The van der Waals surface area contributed by atoms with E-state index in [1.165, 1.54) is 19.5 Å². The fraction of sp³-hybridized carbons (Fsp3) is 0.429. The highest BCUT2D eigenvalue weighted by atomic mass is 16.5. The minimum atomic E-state index is -0.227. The summed E-state index contributed by atoms with van der Waals surface area (Å²) in [4.78, 5) is 3.83. The molecule has 0 spiro atoms. The molecule has 5 heteroatoms. The van der Waals surface area contributed by atoms with Crippen molar-refractivity contribution < 1.29 is 14.6 Å². The van der Waals surface area contributed by atoms with Crippen molar-refractivity contribution >= 4 is 0 Å². The number of aromatic nitrogens is 2. The number of hydrogen-bond acceptors (Lipinski definition) is 4. The maximum atomic E-state index is 11.1. The van der Waals surface area contributed by atoms with Crippen molar-refractivity contribution in [1.82, 2.24) is 4.98 Å². The second kappa shape index (κ2) is 3.99. The first-order valence-corrected chi connectivity index (χ1v) is 3.44. The summed E-state index contributed by atoms with van der Waals surface area (Å²) in [6.45, 7) is -0.00227. The molecule has 0 atom stereocenters. The number of nitrogens with zero attached hydrogens (tertiary/aromatic N) is 2. The van der Waals surface area contributed by atoms with E-state index in [2.05, 4.69) is 4.98 Å². The SMILES string of the molecule is COCc1cnc(CO)c[n+]1[O-]. The molecule has 0 saturated carbocycles. The van der Waals surface area contributed by atoms with Gasteiger partial charge in [0.25, 0.3) is 0 Å². The molecule has 1 heterocycles. The van der Waals surface area contributed by atoms with Gasteiger partial charge in [0.1, 0.15) is 12.3 Å². The third kappa shape index (κ3) is 1.90. The summed E-state index contributed by atoms with van der Waals surface area (Å²) in [5, 5.41) is 19.7. The van der Waals surface area contributed by atoms with Crippen LogP contribution in [-0.2, 0) is 18.0 Å². The van der Waals surface area contributed by atoms with Crippen molar-refractivity contribution in [2.24, 2.45) is 0 Å². The molecule has 1 aromatic heterocycles. The Balaban J connectivity index is 2.87. The molecule has 66 valence electrons. The van der Waals surface area contributed by atoms with Gasteiger partial charge in [0.2, 0.25) is 11.9 Å². The second-order valence-electron chi connectivity index (χ2n) is 2.29. The Kier molecular flexibility index (Phi) is 2.95. The third-order valence-electron chi connectivity index (χ3n) is 1.38. The van der Waals surface area contributed by atoms with Gasteiger partial charge in [-0.1, -0.05) is 0 Å². The maximum absolute atomic E-state index is 11.1. The van der Waals surface area contributed by atoms with Crippen molar-refractivity contribution in [3.8, 4) is 0 Å². The summed E-state index contributed by atoms with van der Waals surface area (Å²) in [5.74, 6) is 0. The zero-order chi connectivity index (χ0) is 8.97. The molecule has 0 bridgehead atoms. The molecule has 0 aliphatic carbocycles. The van der Waals surface area contributed by atoms with Gasteiger partial charge in [-0.15, -0.1) is 0 Å². The van der Waals surface area contributed by atoms with Gasteiger partial charge < -0.3 is 15.1 Å². The van der Waals surface area contributed by atoms with Crippen LogP contribution in [0.3, 0.4) is 0 Å². The number of methoxy groups -OCH3 is 1. The van der Waals surface area contributed by atoms with Crippen molar-refractivity contribution in [2.45, 2.75) is 13.2 Å². The van der Waals surface area contributed by atoms with E-state index >= 15 is 0 Å². The van der Waals surface area contributed by atoms with Gasteiger partial charge >= 0.3 is 0 Å². The predicted octanol–water partition coefficient (Wildman–Crippen LogP) is -0.646. The summed E-state index contributed by atoms with van der Waals surface area (Å²) >= 11 is 0. The average Bonchev–Trinajstić information content (AvgIpc) is 2.09. The molecule has 0 aromatic carbocycles. The number of hydrogen-bond donors (Lipinski definition) is 1. The topological polar surface area (TPSA) is 69.3 Å². The summed E-state index contributed by atoms with van der Waals surface area (Å²) in [6.07, 6.45) is 2.62. The molecule has 12 heavy (non-hydrogen) atoms. The van der Waals surface area contributed by atoms with Crippen LogP contribution in [0, 0.1) is 5.21 Å². The van der Waals surface area contributed by atoms with Crippen LogP contribution in [0.15, 0.2) is 12.4 Å². The Morgan fingerprint density at radius 3 is 3.00 bits per heavy atom. The molecule has 0 fully saturated rings. The Morgan fingerprint density at radius 2 is 2.50 bits per heavy atom. The van der Waals surface area contributed by atoms with Crippen molar-refractivity contribution in [2.75, 3.05) is 7.11 Å². The lowest BCUT2D eigenvalue weighted by Gasteiger charge is -2.03. The quantitative estimate of drug-likeness (QED) is 0.483. The van der Waals surface area contributed by atoms with E-state index in [0.29, 0.717) is 16.1 Å². The van der Waals surface area contributed by atoms with Crippen LogP contribution in [0.25, 0.3) is 0 Å². The summed E-state index contributed by atoms with van der Waals surface area (Å²) in [5.41, 5.74) is 0.777. The van der Waals surface area contributed by atoms with E-state index in [1.54, 1.807) is 0 Å². The van der Waals surface area contributed by atoms with Crippen LogP contribution in [0.4, 0.5) is 0 Å². The highest BCUT2D eigenvalue weighted by Crippen LogP contribution is 1.94. The lowest BCUT2D eigenvalue weighted by atomic mass is 10.4. The number of rotatable bonds is 3. The highest BCUT2D eigenvalue weighted by Gasteiger charge is 2.06. The maximum Gasteiger partial charge on any atom is 0.236 e. The molecule has 0 aliphatic heterocycles. The Hall–Kier alpha value is -1.20. The smallest absolute Gasteiger partial charge is 0.236 e. The second-order valence-corrected chi connectivity index (χ2v) is 2.29. The van der Waals surface area contributed by atoms with Crippen LogP contribution in [0.5, 0.6) is 0 Å². The number of ether oxygens (including phenoxy) is 1. The normalized spacial score (nSPS) is 10.2. The standard InChI is InChI=1S/C7H10N2O3/c1-12-5-7-2-8-6(4-10)3-9(7)11/h2-3,10H,4-5H2,1H3. The van der Waals surface area contributed by atoms with Crippen LogP contribution in [0.2, 0.25) is 0 Å². The minimum absolute atomic E-state index is 0.224. The van der Waals surface area contributed by atoms with Crippen molar-refractivity contribution in [3.05, 3.63) is 29.0 Å². The first kappa shape index (κ1) is 8.89. The fourth-order valence-corrected chi connectivity index (χ4v) is 0.796. The Labute approximate surface area is 69.8 Å². The average molecular weight is 170 g/mol. The van der Waals surface area contributed by atoms with Gasteiger partial charge in [-0.3, -0.25) is 0 Å². The first-order valence-electron chi connectivity index (χ1n) is 3.44. The molecule has 1 rings (SSSR count). The van der Waals surface area contributed by atoms with Crippen LogP contribution in [-0.4, -0.2) is 17.2 Å². The fourth-order valence-electron chi connectivity index (χ4n) is 0.796. The monoisotopic (exact) mass is 170 g/mol. The van der Waals surface area contributed by atoms with Crippen molar-refractivity contribution in [3.63, 3.8) is 0 Å². The number of aliphatic hydroxyl groups is 1. The van der Waals surface area contributed by atoms with E-state index in [-0.39, 0.29) is 13.2 Å². The molecule has 1 N–H and O–H groups in total. The molecule has 0 radical (unpaired) electrons. The van der Waals surface area contributed by atoms with E-state index in [1.807, 2.05) is 0 Å². The molecular weight excluding hydrogens is 160 g/mol. The lowest BCUT2D eigenvalue weighted by molar-refractivity contribution is -0.617. The van der Waals surface area contributed by atoms with Crippen molar-refractivity contribution in [1.29, 1.82) is 0 Å². The van der Waals surface area contributed by atoms with E-state index in [0.717, 1.165) is 0 Å². The molecule has 1 aromatic rings. The molecule has 0 unspecified atom stereocenters. The first-order chi connectivity index (χ1) is 5.77. The minimum Gasteiger partial charge on any atom is -0.618 e. The number of aliphatic hydroxyl groups excluding tert-OH is 1. The zero-order valence-electron chi connectivity index (χ0n) is 6.73.